The van der Waals surface area contributed by atoms with Crippen LogP contribution in [0, 0.1) is 4.91 Å². The van der Waals surface area contributed by atoms with E-state index in [1.165, 1.54) is 0 Å². The minimum atomic E-state index is -0.738. The lowest BCUT2D eigenvalue weighted by molar-refractivity contribution is -0.616. The van der Waals surface area contributed by atoms with Gasteiger partial charge in [-0.25, -0.2) is 0 Å². The summed E-state index contributed by atoms with van der Waals surface area (Å²) in [6, 6.07) is 0. The van der Waals surface area contributed by atoms with Crippen molar-refractivity contribution in [3.8, 4) is 0 Å². The molecule has 0 saturated carbocycles. The summed E-state index contributed by atoms with van der Waals surface area (Å²) >= 11 is 0. The maximum absolute atomic E-state index is 12.4. The monoisotopic (exact) mass is 419 g/mol. The molecule has 4 aliphatic heterocycles. The highest BCUT2D eigenvalue weighted by Gasteiger charge is 2.57. The average molecular weight is 419 g/mol. The van der Waals surface area contributed by atoms with Gasteiger partial charge in [-0.15, -0.1) is 0 Å². The topological polar surface area (TPSA) is 106 Å². The zero-order valence-electron chi connectivity index (χ0n) is 17.7. The number of methoxy groups -OCH3 is 2. The summed E-state index contributed by atoms with van der Waals surface area (Å²) in [7, 11) is 3.15. The lowest BCUT2D eigenvalue weighted by Gasteiger charge is -2.24. The van der Waals surface area contributed by atoms with Crippen LogP contribution >= 0.6 is 0 Å². The molecule has 4 fully saturated rings. The molecule has 166 valence electrons. The minimum absolute atomic E-state index is 0.0376. The molecule has 11 heteroatoms. The Balaban J connectivity index is 1.28. The van der Waals surface area contributed by atoms with Gasteiger partial charge in [0.25, 0.3) is 6.54 Å². The van der Waals surface area contributed by atoms with Gasteiger partial charge in [-0.05, 0) is 27.7 Å². The smallest absolute Gasteiger partial charge is 0.253 e. The second-order valence-electron chi connectivity index (χ2n) is 8.61. The SMILES string of the molecule is COC1C(CN[N+](=O)CC2OC3OC(C)(C)OC3C2OC)OC2OC(C)(C)OC21. The standard InChI is InChI=1S/C18H31N2O9/c1-17(2)26-13-11(22-5)9(24-15(13)28-17)7-19-20(21)8-10-12(23-6)14-16(25-10)29-18(3,4)27-14/h9-16H,7-8H2,1-6H3,(H,19,21)/q+1. The van der Waals surface area contributed by atoms with Gasteiger partial charge < -0.3 is 37.9 Å². The predicted molar refractivity (Wildman–Crippen MR) is 95.5 cm³/mol. The molecule has 4 aliphatic rings. The van der Waals surface area contributed by atoms with Crippen molar-refractivity contribution in [2.75, 3.05) is 27.3 Å². The van der Waals surface area contributed by atoms with Crippen LogP contribution in [0.3, 0.4) is 0 Å². The van der Waals surface area contributed by atoms with Crippen molar-refractivity contribution in [3.05, 3.63) is 4.91 Å². The van der Waals surface area contributed by atoms with Gasteiger partial charge in [0.05, 0.1) is 4.91 Å². The summed E-state index contributed by atoms with van der Waals surface area (Å²) in [5.41, 5.74) is 2.80. The van der Waals surface area contributed by atoms with Crippen LogP contribution in [0.5, 0.6) is 0 Å². The largest absolute Gasteiger partial charge is 0.376 e. The van der Waals surface area contributed by atoms with Crippen LogP contribution < -0.4 is 5.43 Å². The number of nitroso groups, excluding NO2 is 1. The molecule has 0 spiro atoms. The molecule has 0 aromatic rings. The first-order valence-corrected chi connectivity index (χ1v) is 9.88. The van der Waals surface area contributed by atoms with Crippen LogP contribution in [0.2, 0.25) is 0 Å². The van der Waals surface area contributed by atoms with E-state index in [0.717, 1.165) is 0 Å². The summed E-state index contributed by atoms with van der Waals surface area (Å²) in [6.07, 6.45) is -3.42. The third-order valence-corrected chi connectivity index (χ3v) is 5.53. The van der Waals surface area contributed by atoms with Crippen LogP contribution in [0.15, 0.2) is 0 Å². The van der Waals surface area contributed by atoms with E-state index in [2.05, 4.69) is 5.43 Å². The number of nitrogens with one attached hydrogen (secondary N) is 1. The first kappa shape index (κ1) is 21.3. The molecule has 0 radical (unpaired) electrons. The molecule has 0 amide bonds. The molecule has 1 N–H and O–H groups in total. The predicted octanol–water partition coefficient (Wildman–Crippen LogP) is 0.0527. The minimum Gasteiger partial charge on any atom is -0.376 e. The molecule has 4 heterocycles. The molecule has 8 unspecified atom stereocenters. The summed E-state index contributed by atoms with van der Waals surface area (Å²) in [6.45, 7) is 7.55. The molecular weight excluding hydrogens is 388 g/mol. The van der Waals surface area contributed by atoms with Crippen molar-refractivity contribution in [2.45, 2.75) is 88.5 Å². The zero-order chi connectivity index (χ0) is 21.0. The van der Waals surface area contributed by atoms with Crippen molar-refractivity contribution in [1.82, 2.24) is 5.43 Å². The maximum Gasteiger partial charge on any atom is 0.253 e. The molecule has 0 aromatic carbocycles. The highest BCUT2D eigenvalue weighted by atomic mass is 16.9. The molecule has 0 bridgehead atoms. The number of hydrogen-bond acceptors (Lipinski definition) is 9. The van der Waals surface area contributed by atoms with E-state index in [4.69, 9.17) is 37.9 Å². The second kappa shape index (κ2) is 7.65. The Kier molecular flexibility index (Phi) is 5.62. The Morgan fingerprint density at radius 3 is 1.83 bits per heavy atom. The van der Waals surface area contributed by atoms with Crippen molar-refractivity contribution in [3.63, 3.8) is 0 Å². The first-order chi connectivity index (χ1) is 13.6. The number of hydrogen-bond donors (Lipinski definition) is 1. The molecule has 0 aliphatic carbocycles. The lowest BCUT2D eigenvalue weighted by Crippen LogP contribution is -2.46. The van der Waals surface area contributed by atoms with E-state index in [1.54, 1.807) is 14.2 Å². The van der Waals surface area contributed by atoms with Crippen molar-refractivity contribution >= 4 is 0 Å². The summed E-state index contributed by atoms with van der Waals surface area (Å²) in [4.78, 5) is 13.1. The fraction of sp³-hybridized carbons (Fsp3) is 1.00. The summed E-state index contributed by atoms with van der Waals surface area (Å²) in [5.74, 6) is -1.46. The fourth-order valence-electron chi connectivity index (χ4n) is 4.40. The van der Waals surface area contributed by atoms with E-state index >= 15 is 0 Å². The molecule has 8 atom stereocenters. The Hall–Kier alpha value is -0.920. The van der Waals surface area contributed by atoms with Gasteiger partial charge in [0.15, 0.2) is 30.3 Å². The highest BCUT2D eigenvalue weighted by Crippen LogP contribution is 2.39. The van der Waals surface area contributed by atoms with E-state index < -0.39 is 42.5 Å². The Labute approximate surface area is 169 Å². The van der Waals surface area contributed by atoms with Crippen LogP contribution in [-0.4, -0.2) is 93.0 Å². The van der Waals surface area contributed by atoms with Crippen molar-refractivity contribution in [1.29, 1.82) is 0 Å². The number of hydrazine groups is 1. The van der Waals surface area contributed by atoms with Crippen LogP contribution in [0.25, 0.3) is 0 Å². The Morgan fingerprint density at radius 1 is 0.828 bits per heavy atom. The van der Waals surface area contributed by atoms with Crippen LogP contribution in [0.4, 0.5) is 0 Å². The molecule has 11 nitrogen and oxygen atoms in total. The van der Waals surface area contributed by atoms with Gasteiger partial charge in [0.1, 0.15) is 41.9 Å². The fourth-order valence-corrected chi connectivity index (χ4v) is 4.40. The van der Waals surface area contributed by atoms with Gasteiger partial charge in [-0.2, -0.15) is 5.43 Å². The normalized spacial score (nSPS) is 44.6. The zero-order valence-corrected chi connectivity index (χ0v) is 17.7. The van der Waals surface area contributed by atoms with Gasteiger partial charge in [0, 0.05) is 14.2 Å². The van der Waals surface area contributed by atoms with Gasteiger partial charge in [0.2, 0.25) is 0 Å². The lowest BCUT2D eigenvalue weighted by atomic mass is 10.1. The van der Waals surface area contributed by atoms with E-state index in [1.807, 2.05) is 27.7 Å². The molecule has 4 rings (SSSR count). The summed E-state index contributed by atoms with van der Waals surface area (Å²) < 4.78 is 45.9. The summed E-state index contributed by atoms with van der Waals surface area (Å²) in [5, 5.41) is 0. The molecule has 29 heavy (non-hydrogen) atoms. The molecular formula is C18H31N2O9+. The highest BCUT2D eigenvalue weighted by molar-refractivity contribution is 4.95. The number of fused-ring (bicyclic) bond motifs is 2. The number of ether oxygens (including phenoxy) is 8. The quantitative estimate of drug-likeness (QED) is 0.449. The molecule has 4 saturated heterocycles. The van der Waals surface area contributed by atoms with Crippen molar-refractivity contribution in [2.24, 2.45) is 0 Å². The van der Waals surface area contributed by atoms with E-state index in [9.17, 15) is 4.91 Å². The Bertz CT molecular complexity index is 630. The maximum atomic E-state index is 12.4. The van der Waals surface area contributed by atoms with Crippen LogP contribution in [0.1, 0.15) is 27.7 Å². The first-order valence-electron chi connectivity index (χ1n) is 9.88. The molecule has 0 aromatic heterocycles. The Morgan fingerprint density at radius 2 is 1.31 bits per heavy atom. The van der Waals surface area contributed by atoms with Gasteiger partial charge >= 0.3 is 0 Å². The van der Waals surface area contributed by atoms with Crippen LogP contribution in [-0.2, 0) is 37.9 Å². The van der Waals surface area contributed by atoms with E-state index in [-0.39, 0.29) is 31.4 Å². The van der Waals surface area contributed by atoms with Gasteiger partial charge in [-0.1, -0.05) is 0 Å². The number of nitrogens with zero attached hydrogens (tertiary/aromatic N) is 1. The third-order valence-electron chi connectivity index (χ3n) is 5.53. The van der Waals surface area contributed by atoms with Gasteiger partial charge in [-0.3, -0.25) is 0 Å². The second-order valence-corrected chi connectivity index (χ2v) is 8.61. The number of rotatable bonds is 7. The third kappa shape index (κ3) is 4.15. The average Bonchev–Trinajstić information content (AvgIpc) is 3.27. The van der Waals surface area contributed by atoms with E-state index in [0.29, 0.717) is 4.87 Å². The van der Waals surface area contributed by atoms with Crippen molar-refractivity contribution < 1.29 is 42.8 Å².